The van der Waals surface area contributed by atoms with Gasteiger partial charge in [-0.15, -0.1) is 0 Å². The average molecular weight is 368 g/mol. The van der Waals surface area contributed by atoms with Gasteiger partial charge in [0.25, 0.3) is 0 Å². The molecule has 0 bridgehead atoms. The van der Waals surface area contributed by atoms with E-state index in [2.05, 4.69) is 13.8 Å². The van der Waals surface area contributed by atoms with Crippen molar-refractivity contribution in [1.29, 1.82) is 0 Å². The number of benzene rings is 2. The Morgan fingerprint density at radius 2 is 0.963 bits per heavy atom. The molecule has 0 saturated carbocycles. The van der Waals surface area contributed by atoms with E-state index >= 15 is 0 Å². The molecule has 0 atom stereocenters. The van der Waals surface area contributed by atoms with Crippen LogP contribution in [0.25, 0.3) is 0 Å². The van der Waals surface area contributed by atoms with Gasteiger partial charge in [-0.2, -0.15) is 0 Å². The first-order valence-corrected chi connectivity index (χ1v) is 9.25. The zero-order valence-electron chi connectivity index (χ0n) is 16.9. The molecule has 0 aliphatic carbocycles. The van der Waals surface area contributed by atoms with E-state index in [1.807, 2.05) is 76.2 Å². The SMILES string of the molecule is CC(C)C(=O)Oc1ccc(C(C)(C)c2ccc(OC(=O)C(C)C)cc2)cc1. The summed E-state index contributed by atoms with van der Waals surface area (Å²) >= 11 is 0. The first-order valence-electron chi connectivity index (χ1n) is 9.25. The predicted octanol–water partition coefficient (Wildman–Crippen LogP) is 5.14. The van der Waals surface area contributed by atoms with Crippen molar-refractivity contribution in [3.05, 3.63) is 59.7 Å². The van der Waals surface area contributed by atoms with Crippen molar-refractivity contribution in [2.75, 3.05) is 0 Å². The van der Waals surface area contributed by atoms with Crippen molar-refractivity contribution in [1.82, 2.24) is 0 Å². The van der Waals surface area contributed by atoms with E-state index < -0.39 is 0 Å². The molecule has 0 saturated heterocycles. The highest BCUT2D eigenvalue weighted by molar-refractivity contribution is 5.74. The second-order valence-corrected chi connectivity index (χ2v) is 7.83. The van der Waals surface area contributed by atoms with E-state index in [-0.39, 0.29) is 29.2 Å². The summed E-state index contributed by atoms with van der Waals surface area (Å²) in [7, 11) is 0. The van der Waals surface area contributed by atoms with E-state index in [9.17, 15) is 9.59 Å². The molecule has 0 fully saturated rings. The van der Waals surface area contributed by atoms with Gasteiger partial charge in [0.1, 0.15) is 11.5 Å². The van der Waals surface area contributed by atoms with Crippen LogP contribution in [0, 0.1) is 11.8 Å². The van der Waals surface area contributed by atoms with Gasteiger partial charge in [0.15, 0.2) is 0 Å². The minimum absolute atomic E-state index is 0.163. The highest BCUT2D eigenvalue weighted by atomic mass is 16.5. The van der Waals surface area contributed by atoms with Gasteiger partial charge >= 0.3 is 11.9 Å². The molecule has 2 aromatic rings. The molecular formula is C23H28O4. The Morgan fingerprint density at radius 3 is 1.22 bits per heavy atom. The Balaban J connectivity index is 2.15. The summed E-state index contributed by atoms with van der Waals surface area (Å²) in [4.78, 5) is 23.4. The molecule has 4 heteroatoms. The normalized spacial score (nSPS) is 11.6. The third kappa shape index (κ3) is 5.19. The van der Waals surface area contributed by atoms with E-state index in [1.54, 1.807) is 0 Å². The Bertz CT molecular complexity index is 717. The first kappa shape index (κ1) is 20.7. The molecule has 0 aliphatic heterocycles. The zero-order chi connectivity index (χ0) is 20.2. The standard InChI is InChI=1S/C23H28O4/c1-15(2)21(24)26-19-11-7-17(8-12-19)23(5,6)18-9-13-20(14-10-18)27-22(25)16(3)4/h7-16H,1-6H3. The highest BCUT2D eigenvalue weighted by Gasteiger charge is 2.23. The lowest BCUT2D eigenvalue weighted by atomic mass is 9.78. The van der Waals surface area contributed by atoms with Gasteiger partial charge in [0.2, 0.25) is 0 Å². The highest BCUT2D eigenvalue weighted by Crippen LogP contribution is 2.33. The predicted molar refractivity (Wildman–Crippen MR) is 106 cm³/mol. The van der Waals surface area contributed by atoms with Crippen LogP contribution < -0.4 is 9.47 Å². The summed E-state index contributed by atoms with van der Waals surface area (Å²) in [6.45, 7) is 11.5. The molecule has 0 spiro atoms. The smallest absolute Gasteiger partial charge is 0.313 e. The van der Waals surface area contributed by atoms with Crippen molar-refractivity contribution in [2.45, 2.75) is 47.0 Å². The van der Waals surface area contributed by atoms with Crippen LogP contribution in [0.4, 0.5) is 0 Å². The lowest BCUT2D eigenvalue weighted by molar-refractivity contribution is -0.138. The van der Waals surface area contributed by atoms with E-state index in [0.29, 0.717) is 11.5 Å². The maximum atomic E-state index is 11.7. The van der Waals surface area contributed by atoms with Crippen LogP contribution in [-0.2, 0) is 15.0 Å². The van der Waals surface area contributed by atoms with Gasteiger partial charge in [-0.3, -0.25) is 9.59 Å². The van der Waals surface area contributed by atoms with Crippen molar-refractivity contribution < 1.29 is 19.1 Å². The second kappa shape index (κ2) is 8.38. The molecule has 0 N–H and O–H groups in total. The molecule has 0 unspecified atom stereocenters. The van der Waals surface area contributed by atoms with E-state index in [1.165, 1.54) is 0 Å². The molecule has 2 aromatic carbocycles. The summed E-state index contributed by atoms with van der Waals surface area (Å²) in [5.74, 6) is 0.282. The molecule has 144 valence electrons. The van der Waals surface area contributed by atoms with Crippen molar-refractivity contribution >= 4 is 11.9 Å². The average Bonchev–Trinajstić information content (AvgIpc) is 2.62. The fraction of sp³-hybridized carbons (Fsp3) is 0.391. The molecular weight excluding hydrogens is 340 g/mol. The van der Waals surface area contributed by atoms with Gasteiger partial charge in [-0.1, -0.05) is 65.8 Å². The maximum absolute atomic E-state index is 11.7. The van der Waals surface area contributed by atoms with Crippen LogP contribution in [0.2, 0.25) is 0 Å². The van der Waals surface area contributed by atoms with Crippen LogP contribution >= 0.6 is 0 Å². The topological polar surface area (TPSA) is 52.6 Å². The van der Waals surface area contributed by atoms with Crippen LogP contribution in [0.1, 0.15) is 52.7 Å². The molecule has 0 aromatic heterocycles. The number of rotatable bonds is 6. The van der Waals surface area contributed by atoms with Gasteiger partial charge < -0.3 is 9.47 Å². The second-order valence-electron chi connectivity index (χ2n) is 7.83. The fourth-order valence-electron chi connectivity index (χ4n) is 2.51. The lowest BCUT2D eigenvalue weighted by Gasteiger charge is -2.26. The Morgan fingerprint density at radius 1 is 0.667 bits per heavy atom. The third-order valence-corrected chi connectivity index (χ3v) is 4.53. The van der Waals surface area contributed by atoms with Crippen LogP contribution in [0.15, 0.2) is 48.5 Å². The number of esters is 2. The van der Waals surface area contributed by atoms with Crippen molar-refractivity contribution in [3.63, 3.8) is 0 Å². The minimum Gasteiger partial charge on any atom is -0.426 e. The van der Waals surface area contributed by atoms with Crippen LogP contribution in [0.3, 0.4) is 0 Å². The van der Waals surface area contributed by atoms with Gasteiger partial charge in [0.05, 0.1) is 11.8 Å². The summed E-state index contributed by atoms with van der Waals surface area (Å²) in [5, 5.41) is 0. The maximum Gasteiger partial charge on any atom is 0.313 e. The van der Waals surface area contributed by atoms with E-state index in [4.69, 9.17) is 9.47 Å². The quantitative estimate of drug-likeness (QED) is 0.523. The third-order valence-electron chi connectivity index (χ3n) is 4.53. The largest absolute Gasteiger partial charge is 0.426 e. The molecule has 0 heterocycles. The van der Waals surface area contributed by atoms with E-state index in [0.717, 1.165) is 11.1 Å². The Labute approximate surface area is 161 Å². The number of carbonyl (C=O) groups excluding carboxylic acids is 2. The fourth-order valence-corrected chi connectivity index (χ4v) is 2.51. The molecule has 0 aliphatic rings. The Hall–Kier alpha value is -2.62. The van der Waals surface area contributed by atoms with Gasteiger partial charge in [0, 0.05) is 5.41 Å². The summed E-state index contributed by atoms with van der Waals surface area (Å²) in [5.41, 5.74) is 1.94. The summed E-state index contributed by atoms with van der Waals surface area (Å²) in [6.07, 6.45) is 0. The van der Waals surface area contributed by atoms with Gasteiger partial charge in [-0.25, -0.2) is 0 Å². The molecule has 2 rings (SSSR count). The lowest BCUT2D eigenvalue weighted by Crippen LogP contribution is -2.19. The van der Waals surface area contributed by atoms with Crippen molar-refractivity contribution in [2.24, 2.45) is 11.8 Å². The van der Waals surface area contributed by atoms with Crippen LogP contribution in [-0.4, -0.2) is 11.9 Å². The summed E-state index contributed by atoms with van der Waals surface area (Å²) in [6, 6.07) is 15.1. The number of hydrogen-bond acceptors (Lipinski definition) is 4. The zero-order valence-corrected chi connectivity index (χ0v) is 16.9. The van der Waals surface area contributed by atoms with Crippen molar-refractivity contribution in [3.8, 4) is 11.5 Å². The monoisotopic (exact) mass is 368 g/mol. The molecule has 0 radical (unpaired) electrons. The molecule has 0 amide bonds. The number of carbonyl (C=O) groups is 2. The Kier molecular flexibility index (Phi) is 6.42. The minimum atomic E-state index is -0.249. The first-order chi connectivity index (χ1) is 12.6. The van der Waals surface area contributed by atoms with Gasteiger partial charge in [-0.05, 0) is 35.4 Å². The number of ether oxygens (including phenoxy) is 2. The summed E-state index contributed by atoms with van der Waals surface area (Å²) < 4.78 is 10.7. The molecule has 4 nitrogen and oxygen atoms in total. The van der Waals surface area contributed by atoms with Crippen LogP contribution in [0.5, 0.6) is 11.5 Å². The molecule has 27 heavy (non-hydrogen) atoms. The number of hydrogen-bond donors (Lipinski definition) is 0.